The summed E-state index contributed by atoms with van der Waals surface area (Å²) in [5, 5.41) is 4.24. The Morgan fingerprint density at radius 3 is 2.89 bits per heavy atom. The van der Waals surface area contributed by atoms with Crippen LogP contribution >= 0.6 is 11.8 Å². The van der Waals surface area contributed by atoms with Crippen LogP contribution in [0.2, 0.25) is 0 Å². The summed E-state index contributed by atoms with van der Waals surface area (Å²) < 4.78 is 5.66. The monoisotopic (exact) mass is 278 g/mol. The van der Waals surface area contributed by atoms with Gasteiger partial charge in [-0.05, 0) is 44.0 Å². The highest BCUT2D eigenvalue weighted by molar-refractivity contribution is 7.99. The number of fused-ring (bicyclic) bond motifs is 1. The van der Waals surface area contributed by atoms with Crippen LogP contribution in [0.5, 0.6) is 0 Å². The molecule has 0 bridgehead atoms. The molecule has 0 aliphatic heterocycles. The summed E-state index contributed by atoms with van der Waals surface area (Å²) in [5.74, 6) is 1.80. The van der Waals surface area contributed by atoms with Crippen molar-refractivity contribution in [3.8, 4) is 0 Å². The van der Waals surface area contributed by atoms with Gasteiger partial charge in [0.15, 0.2) is 5.58 Å². The number of nitrogens with one attached hydrogen (secondary N) is 1. The average Bonchev–Trinajstić information content (AvgIpc) is 2.79. The smallest absolute Gasteiger partial charge is 0.256 e. The van der Waals surface area contributed by atoms with Crippen LogP contribution < -0.4 is 5.32 Å². The van der Waals surface area contributed by atoms with E-state index >= 15 is 0 Å². The van der Waals surface area contributed by atoms with E-state index < -0.39 is 0 Å². The second-order valence-corrected chi connectivity index (χ2v) is 6.15. The highest BCUT2D eigenvalue weighted by Crippen LogP contribution is 2.23. The maximum absolute atomic E-state index is 5.66. The molecule has 0 saturated carbocycles. The van der Waals surface area contributed by atoms with E-state index in [0.29, 0.717) is 0 Å². The fourth-order valence-electron chi connectivity index (χ4n) is 1.82. The van der Waals surface area contributed by atoms with Crippen molar-refractivity contribution in [2.24, 2.45) is 5.92 Å². The predicted molar refractivity (Wildman–Crippen MR) is 81.7 cm³/mol. The Kier molecular flexibility index (Phi) is 5.73. The van der Waals surface area contributed by atoms with Gasteiger partial charge in [-0.3, -0.25) is 0 Å². The maximum atomic E-state index is 5.66. The van der Waals surface area contributed by atoms with Crippen molar-refractivity contribution in [2.45, 2.75) is 31.9 Å². The summed E-state index contributed by atoms with van der Waals surface area (Å²) in [6, 6.07) is 7.91. The van der Waals surface area contributed by atoms with Crippen LogP contribution in [-0.4, -0.2) is 23.8 Å². The number of para-hydroxylation sites is 2. The molecular weight excluding hydrogens is 256 g/mol. The molecule has 2 rings (SSSR count). The van der Waals surface area contributed by atoms with E-state index in [2.05, 4.69) is 24.1 Å². The van der Waals surface area contributed by atoms with E-state index in [1.54, 1.807) is 11.8 Å². The highest BCUT2D eigenvalue weighted by atomic mass is 32.2. The molecule has 0 radical (unpaired) electrons. The van der Waals surface area contributed by atoms with Crippen LogP contribution in [-0.2, 0) is 0 Å². The summed E-state index contributed by atoms with van der Waals surface area (Å²) in [5.41, 5.74) is 1.83. The molecule has 0 spiro atoms. The summed E-state index contributed by atoms with van der Waals surface area (Å²) >= 11 is 1.70. The molecule has 19 heavy (non-hydrogen) atoms. The number of aromatic nitrogens is 1. The van der Waals surface area contributed by atoms with Crippen molar-refractivity contribution < 1.29 is 4.42 Å². The van der Waals surface area contributed by atoms with Gasteiger partial charge >= 0.3 is 0 Å². The molecule has 1 aromatic heterocycles. The molecule has 1 heterocycles. The summed E-state index contributed by atoms with van der Waals surface area (Å²) in [6.07, 6.45) is 2.40. The minimum absolute atomic E-state index is 0.731. The number of oxazole rings is 1. The lowest BCUT2D eigenvalue weighted by atomic mass is 10.2. The number of unbranched alkanes of at least 4 members (excludes halogenated alkanes) is 1. The van der Waals surface area contributed by atoms with Crippen LogP contribution in [0.3, 0.4) is 0 Å². The molecular formula is C15H22N2OS. The van der Waals surface area contributed by atoms with Crippen molar-refractivity contribution >= 4 is 22.9 Å². The maximum Gasteiger partial charge on any atom is 0.256 e. The van der Waals surface area contributed by atoms with E-state index in [0.717, 1.165) is 41.1 Å². The SMILES string of the molecule is CC(C)CNCCCCSc1nc2ccccc2o1. The largest absolute Gasteiger partial charge is 0.431 e. The first-order valence-electron chi connectivity index (χ1n) is 6.95. The van der Waals surface area contributed by atoms with Gasteiger partial charge in [0, 0.05) is 5.75 Å². The highest BCUT2D eigenvalue weighted by Gasteiger charge is 2.04. The van der Waals surface area contributed by atoms with Gasteiger partial charge in [-0.1, -0.05) is 37.7 Å². The number of hydrogen-bond acceptors (Lipinski definition) is 4. The van der Waals surface area contributed by atoms with Gasteiger partial charge < -0.3 is 9.73 Å². The number of rotatable bonds is 8. The quantitative estimate of drug-likeness (QED) is 0.586. The molecule has 0 unspecified atom stereocenters. The van der Waals surface area contributed by atoms with Crippen LogP contribution in [0, 0.1) is 5.92 Å². The fourth-order valence-corrected chi connectivity index (χ4v) is 2.65. The van der Waals surface area contributed by atoms with Gasteiger partial charge in [-0.2, -0.15) is 0 Å². The topological polar surface area (TPSA) is 38.1 Å². The summed E-state index contributed by atoms with van der Waals surface area (Å²) in [6.45, 7) is 6.68. The molecule has 2 aromatic rings. The minimum Gasteiger partial charge on any atom is -0.431 e. The van der Waals surface area contributed by atoms with Crippen molar-refractivity contribution in [1.82, 2.24) is 10.3 Å². The van der Waals surface area contributed by atoms with Crippen LogP contribution in [0.15, 0.2) is 33.9 Å². The van der Waals surface area contributed by atoms with Crippen LogP contribution in [0.25, 0.3) is 11.1 Å². The molecule has 0 aliphatic carbocycles. The number of thioether (sulfide) groups is 1. The minimum atomic E-state index is 0.731. The third-order valence-corrected chi connectivity index (χ3v) is 3.71. The van der Waals surface area contributed by atoms with E-state index in [4.69, 9.17) is 4.42 Å². The Hall–Kier alpha value is -1.00. The van der Waals surface area contributed by atoms with Gasteiger partial charge in [-0.15, -0.1) is 0 Å². The lowest BCUT2D eigenvalue weighted by Crippen LogP contribution is -2.20. The fraction of sp³-hybridized carbons (Fsp3) is 0.533. The molecule has 3 nitrogen and oxygen atoms in total. The van der Waals surface area contributed by atoms with Crippen molar-refractivity contribution in [1.29, 1.82) is 0 Å². The number of benzene rings is 1. The first-order valence-corrected chi connectivity index (χ1v) is 7.93. The third-order valence-electron chi connectivity index (χ3n) is 2.80. The van der Waals surface area contributed by atoms with Crippen molar-refractivity contribution in [3.63, 3.8) is 0 Å². The van der Waals surface area contributed by atoms with E-state index in [1.807, 2.05) is 24.3 Å². The first-order chi connectivity index (χ1) is 9.25. The Labute approximate surface area is 119 Å². The van der Waals surface area contributed by atoms with Crippen LogP contribution in [0.4, 0.5) is 0 Å². The lowest BCUT2D eigenvalue weighted by molar-refractivity contribution is 0.489. The van der Waals surface area contributed by atoms with Crippen molar-refractivity contribution in [2.75, 3.05) is 18.8 Å². The Balaban J connectivity index is 1.63. The molecule has 1 N–H and O–H groups in total. The lowest BCUT2D eigenvalue weighted by Gasteiger charge is -2.06. The molecule has 4 heteroatoms. The van der Waals surface area contributed by atoms with E-state index in [1.165, 1.54) is 12.8 Å². The number of nitrogens with zero attached hydrogens (tertiary/aromatic N) is 1. The summed E-state index contributed by atoms with van der Waals surface area (Å²) in [7, 11) is 0. The molecule has 0 saturated heterocycles. The average molecular weight is 278 g/mol. The zero-order valence-corrected chi connectivity index (χ0v) is 12.5. The van der Waals surface area contributed by atoms with E-state index in [-0.39, 0.29) is 0 Å². The first kappa shape index (κ1) is 14.4. The zero-order valence-electron chi connectivity index (χ0n) is 11.7. The van der Waals surface area contributed by atoms with Gasteiger partial charge in [0.05, 0.1) is 0 Å². The summed E-state index contributed by atoms with van der Waals surface area (Å²) in [4.78, 5) is 4.45. The molecule has 0 atom stereocenters. The van der Waals surface area contributed by atoms with Gasteiger partial charge in [0.2, 0.25) is 0 Å². The predicted octanol–water partition coefficient (Wildman–Crippen LogP) is 3.95. The second-order valence-electron chi connectivity index (χ2n) is 5.10. The molecule has 104 valence electrons. The second kappa shape index (κ2) is 7.56. The Bertz CT molecular complexity index is 463. The van der Waals surface area contributed by atoms with Gasteiger partial charge in [0.1, 0.15) is 5.52 Å². The molecule has 0 aliphatic rings. The van der Waals surface area contributed by atoms with Gasteiger partial charge in [0.25, 0.3) is 5.22 Å². The van der Waals surface area contributed by atoms with E-state index in [9.17, 15) is 0 Å². The zero-order chi connectivity index (χ0) is 13.5. The molecule has 0 fully saturated rings. The van der Waals surface area contributed by atoms with Gasteiger partial charge in [-0.25, -0.2) is 4.98 Å². The Morgan fingerprint density at radius 2 is 2.11 bits per heavy atom. The molecule has 1 aromatic carbocycles. The standard InChI is InChI=1S/C15H22N2OS/c1-12(2)11-16-9-5-6-10-19-15-17-13-7-3-4-8-14(13)18-15/h3-4,7-8,12,16H,5-6,9-11H2,1-2H3. The third kappa shape index (κ3) is 4.88. The number of hydrogen-bond donors (Lipinski definition) is 1. The van der Waals surface area contributed by atoms with Crippen molar-refractivity contribution in [3.05, 3.63) is 24.3 Å². The molecule has 0 amide bonds. The van der Waals surface area contributed by atoms with Crippen LogP contribution in [0.1, 0.15) is 26.7 Å². The normalized spacial score (nSPS) is 11.5. The Morgan fingerprint density at radius 1 is 1.26 bits per heavy atom.